The van der Waals surface area contributed by atoms with Gasteiger partial charge in [-0.2, -0.15) is 0 Å². The molecule has 0 bridgehead atoms. The molecular weight excluding hydrogens is 355 g/mol. The van der Waals surface area contributed by atoms with Gasteiger partial charge in [0, 0.05) is 18.3 Å². The van der Waals surface area contributed by atoms with Crippen LogP contribution in [0.1, 0.15) is 10.4 Å². The van der Waals surface area contributed by atoms with E-state index in [2.05, 4.69) is 15.3 Å². The summed E-state index contributed by atoms with van der Waals surface area (Å²) >= 11 is 11.8. The Morgan fingerprint density at radius 1 is 1.25 bits per heavy atom. The highest BCUT2D eigenvalue weighted by Crippen LogP contribution is 2.25. The fourth-order valence-electron chi connectivity index (χ4n) is 2.15. The smallest absolute Gasteiger partial charge is 0.321 e. The van der Waals surface area contributed by atoms with E-state index in [0.29, 0.717) is 10.7 Å². The number of pyridine rings is 1. The van der Waals surface area contributed by atoms with Crippen LogP contribution in [0.15, 0.2) is 40.1 Å². The van der Waals surface area contributed by atoms with Crippen LogP contribution in [-0.2, 0) is 7.05 Å². The normalized spacial score (nSPS) is 10.8. The number of nitrogens with one attached hydrogen (secondary N) is 2. The number of amides is 1. The number of aryl methyl sites for hydroxylation is 1. The number of fused-ring (bicyclic) bond motifs is 1. The largest absolute Gasteiger partial charge is 0.329 e. The number of carbonyl (C=O) groups excluding carboxylic acids is 1. The molecule has 24 heavy (non-hydrogen) atoms. The Hall–Kier alpha value is -2.64. The average Bonchev–Trinajstić information content (AvgIpc) is 2.55. The van der Waals surface area contributed by atoms with Gasteiger partial charge in [-0.05, 0) is 24.3 Å². The van der Waals surface area contributed by atoms with Gasteiger partial charge in [-0.1, -0.05) is 23.2 Å². The number of halogens is 2. The molecule has 3 aromatic rings. The van der Waals surface area contributed by atoms with Crippen molar-refractivity contribution in [3.05, 3.63) is 66.9 Å². The summed E-state index contributed by atoms with van der Waals surface area (Å²) in [5, 5.41) is 3.47. The molecule has 2 aromatic heterocycles. The van der Waals surface area contributed by atoms with Crippen LogP contribution in [0.25, 0.3) is 11.0 Å². The third kappa shape index (κ3) is 2.91. The maximum absolute atomic E-state index is 12.3. The van der Waals surface area contributed by atoms with E-state index in [0.717, 1.165) is 0 Å². The Labute approximate surface area is 144 Å². The highest BCUT2D eigenvalue weighted by atomic mass is 35.5. The van der Waals surface area contributed by atoms with Crippen LogP contribution >= 0.6 is 23.2 Å². The van der Waals surface area contributed by atoms with Gasteiger partial charge in [-0.15, -0.1) is 0 Å². The van der Waals surface area contributed by atoms with Crippen LogP contribution in [0.4, 0.5) is 5.69 Å². The van der Waals surface area contributed by atoms with E-state index in [1.54, 1.807) is 12.1 Å². The van der Waals surface area contributed by atoms with Crippen molar-refractivity contribution in [2.75, 3.05) is 5.32 Å². The van der Waals surface area contributed by atoms with Gasteiger partial charge in [0.25, 0.3) is 11.5 Å². The number of hydrogen-bond donors (Lipinski definition) is 2. The SMILES string of the molecule is Cn1c(=O)[nH]c(=O)c2cc(C(=O)Nc3ccc(Cl)cc3Cl)cnc21. The quantitative estimate of drug-likeness (QED) is 0.728. The number of carbonyl (C=O) groups is 1. The van der Waals surface area contributed by atoms with Gasteiger partial charge in [-0.3, -0.25) is 19.1 Å². The van der Waals surface area contributed by atoms with E-state index < -0.39 is 17.2 Å². The van der Waals surface area contributed by atoms with E-state index in [-0.39, 0.29) is 21.6 Å². The van der Waals surface area contributed by atoms with Crippen molar-refractivity contribution < 1.29 is 4.79 Å². The second kappa shape index (κ2) is 6.10. The molecule has 1 aromatic carbocycles. The second-order valence-corrected chi connectivity index (χ2v) is 5.84. The molecule has 0 fully saturated rings. The van der Waals surface area contributed by atoms with Gasteiger partial charge in [0.1, 0.15) is 5.65 Å². The van der Waals surface area contributed by atoms with E-state index in [1.165, 1.54) is 29.9 Å². The molecule has 0 saturated carbocycles. The van der Waals surface area contributed by atoms with Gasteiger partial charge < -0.3 is 5.32 Å². The van der Waals surface area contributed by atoms with Crippen LogP contribution in [0.3, 0.4) is 0 Å². The molecule has 0 radical (unpaired) electrons. The number of benzene rings is 1. The summed E-state index contributed by atoms with van der Waals surface area (Å²) in [4.78, 5) is 42.0. The van der Waals surface area contributed by atoms with Crippen molar-refractivity contribution in [1.82, 2.24) is 14.5 Å². The third-order valence-electron chi connectivity index (χ3n) is 3.40. The van der Waals surface area contributed by atoms with E-state index in [1.807, 2.05) is 0 Å². The zero-order chi connectivity index (χ0) is 17.4. The summed E-state index contributed by atoms with van der Waals surface area (Å²) < 4.78 is 1.19. The van der Waals surface area contributed by atoms with Gasteiger partial charge in [0.05, 0.1) is 21.7 Å². The van der Waals surface area contributed by atoms with Crippen molar-refractivity contribution in [3.8, 4) is 0 Å². The molecule has 1 amide bonds. The molecule has 0 unspecified atom stereocenters. The standard InChI is InChI=1S/C15H10Cl2N4O3/c1-21-12-9(14(23)20-15(21)24)4-7(6-18-12)13(22)19-11-3-2-8(16)5-10(11)17/h2-6H,1H3,(H,19,22)(H,20,23,24). The predicted molar refractivity (Wildman–Crippen MR) is 92.0 cm³/mol. The molecule has 0 saturated heterocycles. The van der Waals surface area contributed by atoms with Crippen molar-refractivity contribution in [2.24, 2.45) is 7.05 Å². The molecule has 122 valence electrons. The van der Waals surface area contributed by atoms with Crippen molar-refractivity contribution >= 4 is 45.8 Å². The Morgan fingerprint density at radius 2 is 2.00 bits per heavy atom. The number of rotatable bonds is 2. The number of aromatic nitrogens is 3. The number of hydrogen-bond acceptors (Lipinski definition) is 4. The summed E-state index contributed by atoms with van der Waals surface area (Å²) in [7, 11) is 1.47. The molecule has 2 heterocycles. The lowest BCUT2D eigenvalue weighted by Crippen LogP contribution is -2.29. The number of H-pyrrole nitrogens is 1. The number of aromatic amines is 1. The lowest BCUT2D eigenvalue weighted by molar-refractivity contribution is 0.102. The van der Waals surface area contributed by atoms with Crippen LogP contribution in [0.2, 0.25) is 10.0 Å². The van der Waals surface area contributed by atoms with E-state index in [4.69, 9.17) is 23.2 Å². The maximum atomic E-state index is 12.3. The summed E-state index contributed by atoms with van der Waals surface area (Å²) in [6, 6.07) is 6.01. The van der Waals surface area contributed by atoms with Crippen LogP contribution in [0.5, 0.6) is 0 Å². The van der Waals surface area contributed by atoms with E-state index >= 15 is 0 Å². The minimum atomic E-state index is -0.611. The lowest BCUT2D eigenvalue weighted by Gasteiger charge is -2.08. The molecule has 9 heteroatoms. The lowest BCUT2D eigenvalue weighted by atomic mass is 10.2. The summed E-state index contributed by atoms with van der Waals surface area (Å²) in [6.07, 6.45) is 1.28. The third-order valence-corrected chi connectivity index (χ3v) is 3.94. The maximum Gasteiger partial charge on any atom is 0.329 e. The molecule has 0 aliphatic carbocycles. The first-order valence-electron chi connectivity index (χ1n) is 6.72. The zero-order valence-corrected chi connectivity index (χ0v) is 13.8. The highest BCUT2D eigenvalue weighted by Gasteiger charge is 2.13. The fourth-order valence-corrected chi connectivity index (χ4v) is 2.60. The zero-order valence-electron chi connectivity index (χ0n) is 12.3. The molecule has 0 aliphatic heterocycles. The topological polar surface area (TPSA) is 96.9 Å². The van der Waals surface area contributed by atoms with Crippen molar-refractivity contribution in [1.29, 1.82) is 0 Å². The molecule has 0 spiro atoms. The van der Waals surface area contributed by atoms with Gasteiger partial charge in [-0.25, -0.2) is 9.78 Å². The highest BCUT2D eigenvalue weighted by molar-refractivity contribution is 6.36. The van der Waals surface area contributed by atoms with Crippen LogP contribution < -0.4 is 16.6 Å². The first-order chi connectivity index (χ1) is 11.4. The molecule has 2 N–H and O–H groups in total. The molecule has 0 atom stereocenters. The Bertz CT molecular complexity index is 1090. The van der Waals surface area contributed by atoms with Gasteiger partial charge >= 0.3 is 5.69 Å². The molecule has 0 aliphatic rings. The predicted octanol–water partition coefficient (Wildman–Crippen LogP) is 2.18. The summed E-state index contributed by atoms with van der Waals surface area (Å²) in [6.45, 7) is 0. The van der Waals surface area contributed by atoms with Gasteiger partial charge in [0.15, 0.2) is 0 Å². The van der Waals surface area contributed by atoms with Crippen molar-refractivity contribution in [3.63, 3.8) is 0 Å². The monoisotopic (exact) mass is 364 g/mol. The van der Waals surface area contributed by atoms with E-state index in [9.17, 15) is 14.4 Å². The Kier molecular flexibility index (Phi) is 4.13. The minimum absolute atomic E-state index is 0.131. The minimum Gasteiger partial charge on any atom is -0.321 e. The number of anilines is 1. The Balaban J connectivity index is 2.02. The second-order valence-electron chi connectivity index (χ2n) is 4.99. The van der Waals surface area contributed by atoms with Gasteiger partial charge in [0.2, 0.25) is 0 Å². The van der Waals surface area contributed by atoms with Crippen LogP contribution in [0, 0.1) is 0 Å². The number of nitrogens with zero attached hydrogens (tertiary/aromatic N) is 2. The first-order valence-corrected chi connectivity index (χ1v) is 7.48. The average molecular weight is 365 g/mol. The molecular formula is C15H10Cl2N4O3. The fraction of sp³-hybridized carbons (Fsp3) is 0.0667. The first kappa shape index (κ1) is 16.2. The Morgan fingerprint density at radius 3 is 2.71 bits per heavy atom. The van der Waals surface area contributed by atoms with Crippen molar-refractivity contribution in [2.45, 2.75) is 0 Å². The molecule has 3 rings (SSSR count). The summed E-state index contributed by atoms with van der Waals surface area (Å²) in [5.41, 5.74) is -0.479. The summed E-state index contributed by atoms with van der Waals surface area (Å²) in [5.74, 6) is -0.498. The van der Waals surface area contributed by atoms with Crippen LogP contribution in [-0.4, -0.2) is 20.4 Å². The molecule has 7 nitrogen and oxygen atoms in total.